The second-order valence-electron chi connectivity index (χ2n) is 2.60. The summed E-state index contributed by atoms with van der Waals surface area (Å²) in [6.45, 7) is 0. The third kappa shape index (κ3) is 2.08. The fraction of sp³-hybridized carbons (Fsp3) is 0.625. The van der Waals surface area contributed by atoms with E-state index < -0.39 is 0 Å². The van der Waals surface area contributed by atoms with Crippen LogP contribution in [-0.4, -0.2) is 10.2 Å². The highest BCUT2D eigenvalue weighted by molar-refractivity contribution is 14.1. The van der Waals surface area contributed by atoms with Gasteiger partial charge in [0, 0.05) is 0 Å². The first kappa shape index (κ1) is 8.24. The zero-order chi connectivity index (χ0) is 7.40. The molecular weight excluding hydrogens is 239 g/mol. The van der Waals surface area contributed by atoms with Crippen molar-refractivity contribution in [3.05, 3.63) is 12.2 Å². The summed E-state index contributed by atoms with van der Waals surface area (Å²) in [6.07, 6.45) is 9.02. The van der Waals surface area contributed by atoms with Gasteiger partial charge in [0.2, 0.25) is 0 Å². The summed E-state index contributed by atoms with van der Waals surface area (Å²) in [7, 11) is 0. The lowest BCUT2D eigenvalue weighted by Gasteiger charge is -2.17. The third-order valence-electron chi connectivity index (χ3n) is 1.83. The molecule has 0 aromatic carbocycles. The van der Waals surface area contributed by atoms with Crippen LogP contribution in [0.1, 0.15) is 19.3 Å². The number of alkyl halides is 1. The van der Waals surface area contributed by atoms with Gasteiger partial charge in [0.15, 0.2) is 0 Å². The summed E-state index contributed by atoms with van der Waals surface area (Å²) in [4.78, 5) is 10.4. The molecular formula is C8H11IO. The van der Waals surface area contributed by atoms with Crippen LogP contribution in [-0.2, 0) is 4.79 Å². The fourth-order valence-electron chi connectivity index (χ4n) is 1.20. The molecule has 1 aliphatic rings. The molecule has 0 saturated heterocycles. The van der Waals surface area contributed by atoms with Crippen LogP contribution < -0.4 is 0 Å². The van der Waals surface area contributed by atoms with Crippen LogP contribution >= 0.6 is 22.6 Å². The number of hydrogen-bond acceptors (Lipinski definition) is 1. The van der Waals surface area contributed by atoms with E-state index in [1.165, 1.54) is 19.3 Å². The molecule has 2 unspecified atom stereocenters. The lowest BCUT2D eigenvalue weighted by Crippen LogP contribution is -2.14. The number of halogens is 1. The number of allylic oxidation sites excluding steroid dienone is 2. The van der Waals surface area contributed by atoms with E-state index in [2.05, 4.69) is 34.7 Å². The van der Waals surface area contributed by atoms with Crippen LogP contribution in [0.4, 0.5) is 0 Å². The molecule has 10 heavy (non-hydrogen) atoms. The SMILES string of the molecule is O=CC(I)C1C=CCCC1. The van der Waals surface area contributed by atoms with Crippen molar-refractivity contribution in [2.45, 2.75) is 23.2 Å². The zero-order valence-electron chi connectivity index (χ0n) is 5.79. The second kappa shape index (κ2) is 4.11. The van der Waals surface area contributed by atoms with Gasteiger partial charge in [0.25, 0.3) is 0 Å². The third-order valence-corrected chi connectivity index (χ3v) is 3.05. The largest absolute Gasteiger partial charge is 0.302 e. The Kier molecular flexibility index (Phi) is 3.39. The monoisotopic (exact) mass is 250 g/mol. The van der Waals surface area contributed by atoms with E-state index >= 15 is 0 Å². The van der Waals surface area contributed by atoms with Crippen LogP contribution in [0.25, 0.3) is 0 Å². The quantitative estimate of drug-likeness (QED) is 0.318. The number of rotatable bonds is 2. The van der Waals surface area contributed by atoms with Gasteiger partial charge in [0.05, 0.1) is 3.92 Å². The zero-order valence-corrected chi connectivity index (χ0v) is 7.95. The van der Waals surface area contributed by atoms with Crippen LogP contribution in [0.15, 0.2) is 12.2 Å². The maximum absolute atomic E-state index is 10.4. The molecule has 0 radical (unpaired) electrons. The van der Waals surface area contributed by atoms with Crippen molar-refractivity contribution in [3.8, 4) is 0 Å². The molecule has 0 fully saturated rings. The number of carbonyl (C=O) groups excluding carboxylic acids is 1. The molecule has 0 aromatic rings. The van der Waals surface area contributed by atoms with Gasteiger partial charge in [-0.15, -0.1) is 0 Å². The molecule has 2 atom stereocenters. The van der Waals surface area contributed by atoms with Gasteiger partial charge in [-0.05, 0) is 25.2 Å². The summed E-state index contributed by atoms with van der Waals surface area (Å²) in [5, 5.41) is 0. The number of aldehydes is 1. The van der Waals surface area contributed by atoms with Crippen molar-refractivity contribution < 1.29 is 4.79 Å². The Morgan fingerprint density at radius 1 is 1.70 bits per heavy atom. The van der Waals surface area contributed by atoms with E-state index in [4.69, 9.17) is 0 Å². The lowest BCUT2D eigenvalue weighted by atomic mass is 9.94. The molecule has 1 nitrogen and oxygen atoms in total. The van der Waals surface area contributed by atoms with Crippen LogP contribution in [0.5, 0.6) is 0 Å². The van der Waals surface area contributed by atoms with Crippen LogP contribution in [0, 0.1) is 5.92 Å². The van der Waals surface area contributed by atoms with Gasteiger partial charge in [-0.3, -0.25) is 0 Å². The predicted octanol–water partition coefficient (Wildman–Crippen LogP) is 2.35. The van der Waals surface area contributed by atoms with Gasteiger partial charge in [-0.2, -0.15) is 0 Å². The molecule has 0 spiro atoms. The fourth-order valence-corrected chi connectivity index (χ4v) is 1.80. The minimum atomic E-state index is 0.189. The van der Waals surface area contributed by atoms with E-state index in [0.717, 1.165) is 6.29 Å². The van der Waals surface area contributed by atoms with Gasteiger partial charge in [-0.1, -0.05) is 34.7 Å². The van der Waals surface area contributed by atoms with Gasteiger partial charge in [0.1, 0.15) is 6.29 Å². The van der Waals surface area contributed by atoms with Crippen molar-refractivity contribution in [1.82, 2.24) is 0 Å². The second-order valence-corrected chi connectivity index (χ2v) is 4.04. The molecule has 0 saturated carbocycles. The summed E-state index contributed by atoms with van der Waals surface area (Å²) in [5.41, 5.74) is 0. The summed E-state index contributed by atoms with van der Waals surface area (Å²) >= 11 is 2.21. The highest BCUT2D eigenvalue weighted by Crippen LogP contribution is 2.23. The molecule has 1 rings (SSSR count). The minimum Gasteiger partial charge on any atom is -0.302 e. The van der Waals surface area contributed by atoms with E-state index in [-0.39, 0.29) is 3.92 Å². The Balaban J connectivity index is 2.46. The highest BCUT2D eigenvalue weighted by Gasteiger charge is 2.16. The van der Waals surface area contributed by atoms with E-state index in [1.807, 2.05) is 0 Å². The Morgan fingerprint density at radius 2 is 2.50 bits per heavy atom. The van der Waals surface area contributed by atoms with Crippen molar-refractivity contribution >= 4 is 28.9 Å². The number of carbonyl (C=O) groups is 1. The summed E-state index contributed by atoms with van der Waals surface area (Å²) in [6, 6.07) is 0. The van der Waals surface area contributed by atoms with Gasteiger partial charge < -0.3 is 4.79 Å². The molecule has 1 aliphatic carbocycles. The Morgan fingerprint density at radius 3 is 3.00 bits per heavy atom. The van der Waals surface area contributed by atoms with Gasteiger partial charge in [-0.25, -0.2) is 0 Å². The Bertz CT molecular complexity index is 142. The first-order valence-corrected chi connectivity index (χ1v) is 4.85. The molecule has 0 heterocycles. The van der Waals surface area contributed by atoms with Crippen molar-refractivity contribution in [2.75, 3.05) is 0 Å². The first-order valence-electron chi connectivity index (χ1n) is 3.60. The Hall–Kier alpha value is 0.140. The van der Waals surface area contributed by atoms with Crippen LogP contribution in [0.3, 0.4) is 0 Å². The Labute approximate surface area is 75.0 Å². The van der Waals surface area contributed by atoms with E-state index in [1.54, 1.807) is 0 Å². The molecule has 0 bridgehead atoms. The van der Waals surface area contributed by atoms with E-state index in [9.17, 15) is 4.79 Å². The normalized spacial score (nSPS) is 27.9. The van der Waals surface area contributed by atoms with Crippen molar-refractivity contribution in [1.29, 1.82) is 0 Å². The predicted molar refractivity (Wildman–Crippen MR) is 50.4 cm³/mol. The minimum absolute atomic E-state index is 0.189. The average molecular weight is 250 g/mol. The molecule has 2 heteroatoms. The summed E-state index contributed by atoms with van der Waals surface area (Å²) < 4.78 is 0.189. The standard InChI is InChI=1S/C8H11IO/c9-8(6-10)7-4-2-1-3-5-7/h2,4,6-8H,1,3,5H2. The molecule has 0 aromatic heterocycles. The topological polar surface area (TPSA) is 17.1 Å². The van der Waals surface area contributed by atoms with Crippen LogP contribution in [0.2, 0.25) is 0 Å². The van der Waals surface area contributed by atoms with E-state index in [0.29, 0.717) is 5.92 Å². The maximum atomic E-state index is 10.4. The van der Waals surface area contributed by atoms with Gasteiger partial charge >= 0.3 is 0 Å². The van der Waals surface area contributed by atoms with Crippen molar-refractivity contribution in [3.63, 3.8) is 0 Å². The summed E-state index contributed by atoms with van der Waals surface area (Å²) in [5.74, 6) is 0.506. The maximum Gasteiger partial charge on any atom is 0.133 e. The molecule has 0 N–H and O–H groups in total. The first-order chi connectivity index (χ1) is 4.84. The smallest absolute Gasteiger partial charge is 0.133 e. The molecule has 0 amide bonds. The van der Waals surface area contributed by atoms with Crippen molar-refractivity contribution in [2.24, 2.45) is 5.92 Å². The average Bonchev–Trinajstić information content (AvgIpc) is 2.05. The molecule has 0 aliphatic heterocycles. The highest BCUT2D eigenvalue weighted by atomic mass is 127. The number of hydrogen-bond donors (Lipinski definition) is 0. The lowest BCUT2D eigenvalue weighted by molar-refractivity contribution is -0.107. The molecule has 56 valence electrons.